The van der Waals surface area contributed by atoms with E-state index < -0.39 is 28.5 Å². The van der Waals surface area contributed by atoms with Crippen molar-refractivity contribution in [3.05, 3.63) is 29.3 Å². The van der Waals surface area contributed by atoms with Crippen LogP contribution in [0, 0.1) is 0 Å². The van der Waals surface area contributed by atoms with Gasteiger partial charge in [-0.3, -0.25) is 13.9 Å². The lowest BCUT2D eigenvalue weighted by Gasteiger charge is -2.16. The summed E-state index contributed by atoms with van der Waals surface area (Å²) in [5.74, 6) is -1.62. The number of carbonyl (C=O) groups is 3. The van der Waals surface area contributed by atoms with Crippen molar-refractivity contribution in [2.75, 3.05) is 30.3 Å². The molecule has 0 unspecified atom stereocenters. The van der Waals surface area contributed by atoms with Crippen molar-refractivity contribution in [3.8, 4) is 0 Å². The number of nitrogens with zero attached hydrogens (tertiary/aromatic N) is 1. The van der Waals surface area contributed by atoms with Crippen LogP contribution in [-0.2, 0) is 30.8 Å². The van der Waals surface area contributed by atoms with Crippen molar-refractivity contribution in [2.24, 2.45) is 0 Å². The number of benzene rings is 1. The summed E-state index contributed by atoms with van der Waals surface area (Å²) >= 11 is 0. The van der Waals surface area contributed by atoms with Crippen molar-refractivity contribution >= 4 is 33.5 Å². The molecule has 10 heteroatoms. The lowest BCUT2D eigenvalue weighted by atomic mass is 10.1. The minimum absolute atomic E-state index is 0.0364. The first-order chi connectivity index (χ1) is 12.6. The van der Waals surface area contributed by atoms with Gasteiger partial charge in [-0.25, -0.2) is 13.2 Å². The summed E-state index contributed by atoms with van der Waals surface area (Å²) in [6, 6.07) is 4.54. The summed E-state index contributed by atoms with van der Waals surface area (Å²) < 4.78 is 29.7. The number of fused-ring (bicyclic) bond motifs is 1. The smallest absolute Gasteiger partial charge is 0.338 e. The highest BCUT2D eigenvalue weighted by Crippen LogP contribution is 2.30. The molecule has 0 atom stereocenters. The van der Waals surface area contributed by atoms with Crippen LogP contribution in [0.25, 0.3) is 0 Å². The van der Waals surface area contributed by atoms with E-state index in [2.05, 4.69) is 10.6 Å². The van der Waals surface area contributed by atoms with Crippen molar-refractivity contribution in [3.63, 3.8) is 0 Å². The van der Waals surface area contributed by atoms with E-state index in [1.54, 1.807) is 26.0 Å². The van der Waals surface area contributed by atoms with Gasteiger partial charge in [0.15, 0.2) is 6.61 Å². The standard InChI is InChI=1S/C17H23N3O6S/c1-11(2)19-15(21)9-18-16(22)10-26-17(23)13-4-5-14-12(8-13)6-7-20(14)27(3,24)25/h4-5,8,11H,6-7,9-10H2,1-3H3,(H,18,22)(H,19,21). The predicted octanol–water partition coefficient (Wildman–Crippen LogP) is -0.194. The van der Waals surface area contributed by atoms with E-state index in [9.17, 15) is 22.8 Å². The highest BCUT2D eigenvalue weighted by Gasteiger charge is 2.27. The molecule has 0 bridgehead atoms. The number of rotatable bonds is 7. The predicted molar refractivity (Wildman–Crippen MR) is 98.9 cm³/mol. The average molecular weight is 397 g/mol. The normalized spacial score (nSPS) is 13.3. The zero-order valence-electron chi connectivity index (χ0n) is 15.4. The molecular formula is C17H23N3O6S. The molecule has 148 valence electrons. The quantitative estimate of drug-likeness (QED) is 0.615. The van der Waals surface area contributed by atoms with Crippen LogP contribution in [0.1, 0.15) is 29.8 Å². The third kappa shape index (κ3) is 5.68. The summed E-state index contributed by atoms with van der Waals surface area (Å²) in [5.41, 5.74) is 1.50. The van der Waals surface area contributed by atoms with Gasteiger partial charge in [-0.1, -0.05) is 0 Å². The molecule has 1 aromatic rings. The molecule has 0 spiro atoms. The van der Waals surface area contributed by atoms with E-state index in [1.807, 2.05) is 0 Å². The van der Waals surface area contributed by atoms with Gasteiger partial charge < -0.3 is 15.4 Å². The van der Waals surface area contributed by atoms with Crippen LogP contribution in [0.2, 0.25) is 0 Å². The van der Waals surface area contributed by atoms with Gasteiger partial charge in [0.05, 0.1) is 24.1 Å². The summed E-state index contributed by atoms with van der Waals surface area (Å²) in [6.07, 6.45) is 1.62. The zero-order chi connectivity index (χ0) is 20.2. The van der Waals surface area contributed by atoms with E-state index in [0.29, 0.717) is 18.7 Å². The van der Waals surface area contributed by atoms with E-state index in [0.717, 1.165) is 11.8 Å². The van der Waals surface area contributed by atoms with Gasteiger partial charge in [0.25, 0.3) is 5.91 Å². The fourth-order valence-electron chi connectivity index (χ4n) is 2.66. The number of sulfonamides is 1. The lowest BCUT2D eigenvalue weighted by molar-refractivity contribution is -0.128. The minimum atomic E-state index is -3.36. The first kappa shape index (κ1) is 20.7. The van der Waals surface area contributed by atoms with Crippen LogP contribution < -0.4 is 14.9 Å². The maximum absolute atomic E-state index is 12.1. The summed E-state index contributed by atoms with van der Waals surface area (Å²) in [4.78, 5) is 35.2. The van der Waals surface area contributed by atoms with Crippen LogP contribution in [0.5, 0.6) is 0 Å². The van der Waals surface area contributed by atoms with Crippen LogP contribution >= 0.6 is 0 Å². The second-order valence-electron chi connectivity index (χ2n) is 6.50. The molecule has 2 amide bonds. The van der Waals surface area contributed by atoms with Crippen molar-refractivity contribution < 1.29 is 27.5 Å². The van der Waals surface area contributed by atoms with Gasteiger partial charge in [-0.2, -0.15) is 0 Å². The Balaban J connectivity index is 1.88. The molecule has 0 fully saturated rings. The van der Waals surface area contributed by atoms with Gasteiger partial charge in [0, 0.05) is 12.6 Å². The number of amides is 2. The van der Waals surface area contributed by atoms with Crippen molar-refractivity contribution in [1.82, 2.24) is 10.6 Å². The second kappa shape index (κ2) is 8.38. The fraction of sp³-hybridized carbons (Fsp3) is 0.471. The Morgan fingerprint density at radius 2 is 1.93 bits per heavy atom. The van der Waals surface area contributed by atoms with Gasteiger partial charge in [-0.15, -0.1) is 0 Å². The third-order valence-corrected chi connectivity index (χ3v) is 4.98. The number of carbonyl (C=O) groups excluding carboxylic acids is 3. The Hall–Kier alpha value is -2.62. The molecule has 0 saturated carbocycles. The van der Waals surface area contributed by atoms with Crippen molar-refractivity contribution in [2.45, 2.75) is 26.3 Å². The topological polar surface area (TPSA) is 122 Å². The highest BCUT2D eigenvalue weighted by atomic mass is 32.2. The monoisotopic (exact) mass is 397 g/mol. The summed E-state index contributed by atoms with van der Waals surface area (Å²) in [5, 5.41) is 4.98. The van der Waals surface area contributed by atoms with E-state index in [4.69, 9.17) is 4.74 Å². The van der Waals surface area contributed by atoms with Gasteiger partial charge in [-0.05, 0) is 44.0 Å². The van der Waals surface area contributed by atoms with Gasteiger partial charge in [0.2, 0.25) is 15.9 Å². The molecule has 0 saturated heterocycles. The highest BCUT2D eigenvalue weighted by molar-refractivity contribution is 7.92. The van der Waals surface area contributed by atoms with Gasteiger partial charge >= 0.3 is 5.97 Å². The first-order valence-corrected chi connectivity index (χ1v) is 10.3. The largest absolute Gasteiger partial charge is 0.452 e. The minimum Gasteiger partial charge on any atom is -0.452 e. The Morgan fingerprint density at radius 3 is 2.56 bits per heavy atom. The van der Waals surface area contributed by atoms with E-state index in [-0.39, 0.29) is 24.1 Å². The Kier molecular flexibility index (Phi) is 6.42. The number of hydrogen-bond donors (Lipinski definition) is 2. The molecule has 1 aliphatic heterocycles. The first-order valence-electron chi connectivity index (χ1n) is 8.41. The van der Waals surface area contributed by atoms with Gasteiger partial charge in [0.1, 0.15) is 0 Å². The molecule has 0 aliphatic carbocycles. The Morgan fingerprint density at radius 1 is 1.22 bits per heavy atom. The third-order valence-electron chi connectivity index (χ3n) is 3.80. The molecule has 9 nitrogen and oxygen atoms in total. The molecule has 27 heavy (non-hydrogen) atoms. The number of hydrogen-bond acceptors (Lipinski definition) is 6. The SMILES string of the molecule is CC(C)NC(=O)CNC(=O)COC(=O)c1ccc2c(c1)CCN2S(C)(=O)=O. The number of nitrogens with one attached hydrogen (secondary N) is 2. The Bertz CT molecular complexity index is 850. The van der Waals surface area contributed by atoms with E-state index >= 15 is 0 Å². The molecule has 0 aromatic heterocycles. The second-order valence-corrected chi connectivity index (χ2v) is 8.41. The van der Waals surface area contributed by atoms with Crippen LogP contribution in [-0.4, -0.2) is 58.2 Å². The van der Waals surface area contributed by atoms with E-state index in [1.165, 1.54) is 10.4 Å². The summed E-state index contributed by atoms with van der Waals surface area (Å²) in [7, 11) is -3.36. The van der Waals surface area contributed by atoms with Crippen molar-refractivity contribution in [1.29, 1.82) is 0 Å². The zero-order valence-corrected chi connectivity index (χ0v) is 16.3. The molecule has 1 aliphatic rings. The number of ether oxygens (including phenoxy) is 1. The van der Waals surface area contributed by atoms with Crippen LogP contribution in [0.15, 0.2) is 18.2 Å². The van der Waals surface area contributed by atoms with Crippen LogP contribution in [0.3, 0.4) is 0 Å². The lowest BCUT2D eigenvalue weighted by Crippen LogP contribution is -2.41. The maximum atomic E-state index is 12.1. The molecule has 0 radical (unpaired) electrons. The molecule has 2 rings (SSSR count). The molecule has 1 heterocycles. The average Bonchev–Trinajstić information content (AvgIpc) is 3.00. The number of anilines is 1. The van der Waals surface area contributed by atoms with Crippen LogP contribution in [0.4, 0.5) is 5.69 Å². The molecule has 2 N–H and O–H groups in total. The maximum Gasteiger partial charge on any atom is 0.338 e. The molecule has 1 aromatic carbocycles. The summed E-state index contributed by atoms with van der Waals surface area (Å²) in [6.45, 7) is 3.21. The Labute approximate surface area is 158 Å². The molecular weight excluding hydrogens is 374 g/mol. The number of esters is 1. The fourth-order valence-corrected chi connectivity index (χ4v) is 3.62.